The second-order valence-corrected chi connectivity index (χ2v) is 7.31. The van der Waals surface area contributed by atoms with Crippen LogP contribution in [-0.4, -0.2) is 30.7 Å². The van der Waals surface area contributed by atoms with Crippen LogP contribution in [0, 0.1) is 5.82 Å². The third kappa shape index (κ3) is 3.95. The summed E-state index contributed by atoms with van der Waals surface area (Å²) < 4.78 is 24.6. The summed E-state index contributed by atoms with van der Waals surface area (Å²) in [4.78, 5) is 37.5. The molecule has 3 rings (SSSR count). The van der Waals surface area contributed by atoms with Crippen molar-refractivity contribution >= 4 is 57.9 Å². The maximum Gasteiger partial charge on any atom is 0.326 e. The highest BCUT2D eigenvalue weighted by Crippen LogP contribution is 2.43. The van der Waals surface area contributed by atoms with Crippen molar-refractivity contribution in [2.24, 2.45) is 11.5 Å². The van der Waals surface area contributed by atoms with Gasteiger partial charge in [-0.15, -0.1) is 11.3 Å². The molecule has 2 heterocycles. The second-order valence-electron chi connectivity index (χ2n) is 5.96. The van der Waals surface area contributed by atoms with Crippen LogP contribution < -0.4 is 16.4 Å². The third-order valence-electron chi connectivity index (χ3n) is 3.93. The Morgan fingerprint density at radius 3 is 2.66 bits per heavy atom. The third-order valence-corrected chi connectivity index (χ3v) is 5.09. The summed E-state index contributed by atoms with van der Waals surface area (Å²) in [6.07, 6.45) is 0. The van der Waals surface area contributed by atoms with Crippen LogP contribution in [0.5, 0.6) is 0 Å². The van der Waals surface area contributed by atoms with E-state index in [4.69, 9.17) is 32.5 Å². The molecule has 0 spiro atoms. The number of rotatable bonds is 5. The molecule has 29 heavy (non-hydrogen) atoms. The van der Waals surface area contributed by atoms with E-state index in [1.165, 1.54) is 18.3 Å². The first-order valence-corrected chi connectivity index (χ1v) is 9.44. The molecule has 1 aliphatic heterocycles. The van der Waals surface area contributed by atoms with E-state index in [0.29, 0.717) is 9.78 Å². The van der Waals surface area contributed by atoms with Gasteiger partial charge in [0.1, 0.15) is 11.9 Å². The molecule has 1 aromatic carbocycles. The molecular formula is C18H15ClFN3O5S. The molecule has 0 saturated heterocycles. The van der Waals surface area contributed by atoms with Crippen molar-refractivity contribution in [2.75, 3.05) is 11.7 Å². The summed E-state index contributed by atoms with van der Waals surface area (Å²) in [5, 5.41) is 1.44. The van der Waals surface area contributed by atoms with Crippen LogP contribution in [0.1, 0.15) is 17.4 Å². The minimum absolute atomic E-state index is 0.00537. The maximum absolute atomic E-state index is 14.1. The van der Waals surface area contributed by atoms with E-state index in [1.54, 1.807) is 17.5 Å². The van der Waals surface area contributed by atoms with Crippen molar-refractivity contribution in [3.63, 3.8) is 0 Å². The van der Waals surface area contributed by atoms with E-state index in [2.05, 4.69) is 0 Å². The van der Waals surface area contributed by atoms with Gasteiger partial charge in [0, 0.05) is 5.56 Å². The number of ether oxygens (including phenoxy) is 2. The number of anilines is 1. The zero-order valence-electron chi connectivity index (χ0n) is 15.0. The standard InChI is InChI=1S/C18H15ClFN3O5S/c1-8(21)17(25)28-7-27-15(13-3-2-4-29-13)14-9-5-11(20)10(19)6-12(9)23(16(14)24)18(22)26/h2-6,8H,7,21H2,1H3,(H2,22,26)/b15-14+/t8-/m0/s1. The number of nitrogens with two attached hydrogens (primary N) is 2. The Bertz CT molecular complexity index is 1020. The Hall–Kier alpha value is -2.95. The molecular weight excluding hydrogens is 425 g/mol. The van der Waals surface area contributed by atoms with Crippen molar-refractivity contribution in [1.82, 2.24) is 0 Å². The molecule has 0 bridgehead atoms. The molecule has 0 unspecified atom stereocenters. The van der Waals surface area contributed by atoms with E-state index in [-0.39, 0.29) is 27.6 Å². The predicted octanol–water partition coefficient (Wildman–Crippen LogP) is 2.70. The number of hydrogen-bond donors (Lipinski definition) is 2. The Balaban J connectivity index is 2.12. The summed E-state index contributed by atoms with van der Waals surface area (Å²) in [5.41, 5.74) is 10.7. The molecule has 1 aromatic heterocycles. The van der Waals surface area contributed by atoms with Gasteiger partial charge in [0.2, 0.25) is 6.79 Å². The number of benzene rings is 1. The molecule has 152 valence electrons. The highest BCUT2D eigenvalue weighted by molar-refractivity contribution is 7.11. The molecule has 8 nitrogen and oxygen atoms in total. The van der Waals surface area contributed by atoms with Gasteiger partial charge in [0.05, 0.1) is 21.2 Å². The van der Waals surface area contributed by atoms with Crippen LogP contribution in [0.2, 0.25) is 5.02 Å². The monoisotopic (exact) mass is 439 g/mol. The van der Waals surface area contributed by atoms with Gasteiger partial charge < -0.3 is 20.9 Å². The van der Waals surface area contributed by atoms with E-state index in [0.717, 1.165) is 12.1 Å². The average molecular weight is 440 g/mol. The van der Waals surface area contributed by atoms with E-state index in [1.807, 2.05) is 0 Å². The molecule has 0 fully saturated rings. The average Bonchev–Trinajstić information content (AvgIpc) is 3.26. The number of fused-ring (bicyclic) bond motifs is 1. The number of hydrogen-bond acceptors (Lipinski definition) is 7. The molecule has 1 atom stereocenters. The van der Waals surface area contributed by atoms with Crippen LogP contribution in [0.4, 0.5) is 14.9 Å². The lowest BCUT2D eigenvalue weighted by molar-refractivity contribution is -0.152. The van der Waals surface area contributed by atoms with E-state index < -0.39 is 36.6 Å². The lowest BCUT2D eigenvalue weighted by Gasteiger charge is -2.14. The van der Waals surface area contributed by atoms with Crippen molar-refractivity contribution in [3.8, 4) is 0 Å². The van der Waals surface area contributed by atoms with E-state index >= 15 is 0 Å². The van der Waals surface area contributed by atoms with Crippen LogP contribution in [0.25, 0.3) is 11.3 Å². The first-order valence-electron chi connectivity index (χ1n) is 8.18. The number of carbonyl (C=O) groups is 3. The van der Waals surface area contributed by atoms with E-state index in [9.17, 15) is 18.8 Å². The van der Waals surface area contributed by atoms with Gasteiger partial charge in [0.15, 0.2) is 5.76 Å². The number of amides is 3. The van der Waals surface area contributed by atoms with Gasteiger partial charge in [-0.3, -0.25) is 9.59 Å². The van der Waals surface area contributed by atoms with Crippen LogP contribution >= 0.6 is 22.9 Å². The highest BCUT2D eigenvalue weighted by atomic mass is 35.5. The Morgan fingerprint density at radius 1 is 1.34 bits per heavy atom. The first-order chi connectivity index (χ1) is 13.7. The Morgan fingerprint density at radius 2 is 2.07 bits per heavy atom. The molecule has 3 amide bonds. The van der Waals surface area contributed by atoms with Crippen molar-refractivity contribution in [1.29, 1.82) is 0 Å². The summed E-state index contributed by atoms with van der Waals surface area (Å²) >= 11 is 7.03. The Kier molecular flexibility index (Phi) is 5.87. The Labute approximate surface area is 173 Å². The van der Waals surface area contributed by atoms with Gasteiger partial charge in [-0.1, -0.05) is 17.7 Å². The highest BCUT2D eigenvalue weighted by Gasteiger charge is 2.40. The van der Waals surface area contributed by atoms with Gasteiger partial charge in [0.25, 0.3) is 5.91 Å². The van der Waals surface area contributed by atoms with Gasteiger partial charge in [-0.2, -0.15) is 0 Å². The van der Waals surface area contributed by atoms with Crippen LogP contribution in [0.15, 0.2) is 29.6 Å². The minimum atomic E-state index is -1.07. The fourth-order valence-electron chi connectivity index (χ4n) is 2.65. The molecule has 11 heteroatoms. The maximum atomic E-state index is 14.1. The lowest BCUT2D eigenvalue weighted by Crippen LogP contribution is -2.38. The summed E-state index contributed by atoms with van der Waals surface area (Å²) in [6.45, 7) is 0.890. The number of nitrogens with zero attached hydrogens (tertiary/aromatic N) is 1. The van der Waals surface area contributed by atoms with Crippen molar-refractivity contribution < 1.29 is 28.2 Å². The molecule has 2 aromatic rings. The molecule has 4 N–H and O–H groups in total. The van der Waals surface area contributed by atoms with Gasteiger partial charge >= 0.3 is 12.0 Å². The minimum Gasteiger partial charge on any atom is -0.455 e. The normalized spacial score (nSPS) is 15.7. The lowest BCUT2D eigenvalue weighted by atomic mass is 10.0. The largest absolute Gasteiger partial charge is 0.455 e. The molecule has 0 aliphatic carbocycles. The number of thiophene rings is 1. The second kappa shape index (κ2) is 8.19. The van der Waals surface area contributed by atoms with Crippen molar-refractivity contribution in [3.05, 3.63) is 50.9 Å². The smallest absolute Gasteiger partial charge is 0.326 e. The zero-order chi connectivity index (χ0) is 21.3. The van der Waals surface area contributed by atoms with Gasteiger partial charge in [-0.05, 0) is 30.5 Å². The SMILES string of the molecule is C[C@H](N)C(=O)OCO/C(=C1/C(=O)N(C(N)=O)c2cc(Cl)c(F)cc21)c1cccs1. The molecule has 1 aliphatic rings. The quantitative estimate of drug-likeness (QED) is 0.319. The number of urea groups is 1. The molecule has 0 saturated carbocycles. The van der Waals surface area contributed by atoms with Crippen LogP contribution in [-0.2, 0) is 19.1 Å². The van der Waals surface area contributed by atoms with Crippen LogP contribution in [0.3, 0.4) is 0 Å². The number of esters is 1. The predicted molar refractivity (Wildman–Crippen MR) is 105 cm³/mol. The number of carbonyl (C=O) groups excluding carboxylic acids is 3. The van der Waals surface area contributed by atoms with Crippen molar-refractivity contribution in [2.45, 2.75) is 13.0 Å². The number of halogens is 2. The zero-order valence-corrected chi connectivity index (χ0v) is 16.6. The fraction of sp³-hybridized carbons (Fsp3) is 0.167. The topological polar surface area (TPSA) is 125 Å². The number of primary amides is 1. The molecule has 0 radical (unpaired) electrons. The summed E-state index contributed by atoms with van der Waals surface area (Å²) in [6, 6.07) is 3.55. The van der Waals surface area contributed by atoms with Gasteiger partial charge in [-0.25, -0.2) is 14.1 Å². The summed E-state index contributed by atoms with van der Waals surface area (Å²) in [5.74, 6) is -2.34. The summed E-state index contributed by atoms with van der Waals surface area (Å²) in [7, 11) is 0. The fourth-order valence-corrected chi connectivity index (χ4v) is 3.54. The number of imide groups is 1. The first kappa shape index (κ1) is 20.8.